The van der Waals surface area contributed by atoms with Crippen molar-refractivity contribution < 1.29 is 19.1 Å². The maximum absolute atomic E-state index is 11.4. The summed E-state index contributed by atoms with van der Waals surface area (Å²) in [5.41, 5.74) is 0. The van der Waals surface area contributed by atoms with E-state index in [1.165, 1.54) is 25.7 Å². The molecule has 0 aromatic heterocycles. The summed E-state index contributed by atoms with van der Waals surface area (Å²) in [6.45, 7) is 6.62. The first kappa shape index (κ1) is 19.7. The Morgan fingerprint density at radius 3 is 1.95 bits per heavy atom. The lowest BCUT2D eigenvalue weighted by atomic mass is 10.1. The van der Waals surface area contributed by atoms with Gasteiger partial charge in [-0.2, -0.15) is 0 Å². The predicted octanol–water partition coefficient (Wildman–Crippen LogP) is 4.18. The number of carbonyl (C=O) groups excluding carboxylic acids is 2. The molecule has 0 aliphatic heterocycles. The second-order valence-electron chi connectivity index (χ2n) is 5.14. The predicted molar refractivity (Wildman–Crippen MR) is 84.0 cm³/mol. The zero-order valence-electron chi connectivity index (χ0n) is 13.4. The monoisotopic (exact) mass is 298 g/mol. The molecular weight excluding hydrogens is 268 g/mol. The molecule has 0 N–H and O–H groups in total. The number of rotatable bonds is 14. The number of unbranched alkanes of at least 4 members (excludes halogenated alkanes) is 6. The van der Waals surface area contributed by atoms with Gasteiger partial charge in [-0.25, -0.2) is 0 Å². The van der Waals surface area contributed by atoms with Crippen LogP contribution in [0.1, 0.15) is 71.1 Å². The summed E-state index contributed by atoms with van der Waals surface area (Å²) >= 11 is 0. The molecule has 0 spiro atoms. The minimum atomic E-state index is -0.337. The second kappa shape index (κ2) is 15.1. The normalized spacial score (nSPS) is 10.1. The molecule has 0 saturated carbocycles. The van der Waals surface area contributed by atoms with Gasteiger partial charge in [-0.3, -0.25) is 9.59 Å². The molecule has 0 fully saturated rings. The third-order valence-corrected chi connectivity index (χ3v) is 3.11. The number of carbonyl (C=O) groups is 2. The first-order chi connectivity index (χ1) is 10.2. The molecule has 0 aromatic carbocycles. The highest BCUT2D eigenvalue weighted by atomic mass is 16.5. The Kier molecular flexibility index (Phi) is 14.1. The van der Waals surface area contributed by atoms with Crippen LogP contribution in [0.5, 0.6) is 0 Å². The Labute approximate surface area is 128 Å². The van der Waals surface area contributed by atoms with Crippen molar-refractivity contribution in [3.63, 3.8) is 0 Å². The smallest absolute Gasteiger partial charge is 0.306 e. The molecule has 0 heterocycles. The van der Waals surface area contributed by atoms with Crippen LogP contribution in [0.25, 0.3) is 0 Å². The molecule has 4 heteroatoms. The summed E-state index contributed by atoms with van der Waals surface area (Å²) in [5.74, 6) is -0.651. The van der Waals surface area contributed by atoms with Crippen molar-refractivity contribution in [3.8, 4) is 0 Å². The van der Waals surface area contributed by atoms with Crippen molar-refractivity contribution in [1.29, 1.82) is 0 Å². The SMILES string of the molecule is C=CCCCOC(=O)CCC(=O)OCCCCCCCC. The highest BCUT2D eigenvalue weighted by Crippen LogP contribution is 2.05. The molecular formula is C17H30O4. The van der Waals surface area contributed by atoms with Crippen LogP contribution in [0.2, 0.25) is 0 Å². The number of allylic oxidation sites excluding steroid dienone is 1. The van der Waals surface area contributed by atoms with Gasteiger partial charge < -0.3 is 9.47 Å². The Morgan fingerprint density at radius 2 is 1.38 bits per heavy atom. The van der Waals surface area contributed by atoms with E-state index in [9.17, 15) is 9.59 Å². The van der Waals surface area contributed by atoms with E-state index in [1.807, 2.05) is 0 Å². The summed E-state index contributed by atoms with van der Waals surface area (Å²) in [6.07, 6.45) is 10.6. The van der Waals surface area contributed by atoms with Gasteiger partial charge >= 0.3 is 11.9 Å². The molecule has 21 heavy (non-hydrogen) atoms. The molecule has 0 aromatic rings. The van der Waals surface area contributed by atoms with Crippen molar-refractivity contribution in [3.05, 3.63) is 12.7 Å². The van der Waals surface area contributed by atoms with Crippen LogP contribution in [0.4, 0.5) is 0 Å². The quantitative estimate of drug-likeness (QED) is 0.274. The Bertz CT molecular complexity index is 287. The first-order valence-electron chi connectivity index (χ1n) is 8.12. The summed E-state index contributed by atoms with van der Waals surface area (Å²) in [5, 5.41) is 0. The van der Waals surface area contributed by atoms with Gasteiger partial charge in [0.25, 0.3) is 0 Å². The van der Waals surface area contributed by atoms with Crippen molar-refractivity contribution >= 4 is 11.9 Å². The average molecular weight is 298 g/mol. The number of esters is 2. The fourth-order valence-corrected chi connectivity index (χ4v) is 1.83. The molecule has 0 bridgehead atoms. The molecule has 0 unspecified atom stereocenters. The van der Waals surface area contributed by atoms with E-state index in [2.05, 4.69) is 13.5 Å². The largest absolute Gasteiger partial charge is 0.466 e. The van der Waals surface area contributed by atoms with Gasteiger partial charge in [0, 0.05) is 0 Å². The Morgan fingerprint density at radius 1 is 0.857 bits per heavy atom. The molecule has 0 rings (SSSR count). The Hall–Kier alpha value is -1.32. The maximum Gasteiger partial charge on any atom is 0.306 e. The van der Waals surface area contributed by atoms with Crippen LogP contribution in [-0.2, 0) is 19.1 Å². The lowest BCUT2D eigenvalue weighted by molar-refractivity contribution is -0.150. The van der Waals surface area contributed by atoms with E-state index in [0.717, 1.165) is 25.7 Å². The topological polar surface area (TPSA) is 52.6 Å². The van der Waals surface area contributed by atoms with Gasteiger partial charge in [-0.05, 0) is 19.3 Å². The van der Waals surface area contributed by atoms with Crippen LogP contribution in [0.15, 0.2) is 12.7 Å². The van der Waals surface area contributed by atoms with Gasteiger partial charge in [0.15, 0.2) is 0 Å². The van der Waals surface area contributed by atoms with Gasteiger partial charge in [0.1, 0.15) is 0 Å². The standard InChI is InChI=1S/C17H30O4/c1-3-5-7-8-9-11-15-21-17(19)13-12-16(18)20-14-10-6-4-2/h4H,2-3,5-15H2,1H3. The van der Waals surface area contributed by atoms with Crippen LogP contribution in [0, 0.1) is 0 Å². The minimum Gasteiger partial charge on any atom is -0.466 e. The number of hydrogen-bond donors (Lipinski definition) is 0. The fourth-order valence-electron chi connectivity index (χ4n) is 1.83. The summed E-state index contributed by atoms with van der Waals surface area (Å²) in [6, 6.07) is 0. The van der Waals surface area contributed by atoms with Gasteiger partial charge in [-0.1, -0.05) is 45.1 Å². The van der Waals surface area contributed by atoms with Gasteiger partial charge in [-0.15, -0.1) is 6.58 Å². The molecule has 0 saturated heterocycles. The van der Waals surface area contributed by atoms with Crippen LogP contribution in [0.3, 0.4) is 0 Å². The van der Waals surface area contributed by atoms with Gasteiger partial charge in [0.2, 0.25) is 0 Å². The van der Waals surface area contributed by atoms with Crippen molar-refractivity contribution in [2.75, 3.05) is 13.2 Å². The minimum absolute atomic E-state index is 0.101. The molecule has 0 radical (unpaired) electrons. The van der Waals surface area contributed by atoms with E-state index < -0.39 is 0 Å². The maximum atomic E-state index is 11.4. The highest BCUT2D eigenvalue weighted by molar-refractivity contribution is 5.77. The Balaban J connectivity index is 3.36. The fraction of sp³-hybridized carbons (Fsp3) is 0.765. The first-order valence-corrected chi connectivity index (χ1v) is 8.12. The zero-order chi connectivity index (χ0) is 15.8. The highest BCUT2D eigenvalue weighted by Gasteiger charge is 2.08. The molecule has 0 aliphatic carbocycles. The molecule has 4 nitrogen and oxygen atoms in total. The van der Waals surface area contributed by atoms with E-state index in [-0.39, 0.29) is 24.8 Å². The van der Waals surface area contributed by atoms with E-state index >= 15 is 0 Å². The van der Waals surface area contributed by atoms with Crippen LogP contribution in [-0.4, -0.2) is 25.2 Å². The summed E-state index contributed by atoms with van der Waals surface area (Å²) < 4.78 is 10.1. The third-order valence-electron chi connectivity index (χ3n) is 3.11. The molecule has 0 amide bonds. The zero-order valence-corrected chi connectivity index (χ0v) is 13.4. The van der Waals surface area contributed by atoms with E-state index in [1.54, 1.807) is 6.08 Å². The van der Waals surface area contributed by atoms with E-state index in [0.29, 0.717) is 13.2 Å². The van der Waals surface area contributed by atoms with Crippen molar-refractivity contribution in [2.24, 2.45) is 0 Å². The van der Waals surface area contributed by atoms with Crippen molar-refractivity contribution in [1.82, 2.24) is 0 Å². The van der Waals surface area contributed by atoms with Gasteiger partial charge in [0.05, 0.1) is 26.1 Å². The number of hydrogen-bond acceptors (Lipinski definition) is 4. The van der Waals surface area contributed by atoms with Crippen molar-refractivity contribution in [2.45, 2.75) is 71.1 Å². The lowest BCUT2D eigenvalue weighted by Crippen LogP contribution is -2.11. The summed E-state index contributed by atoms with van der Waals surface area (Å²) in [7, 11) is 0. The number of ether oxygens (including phenoxy) is 2. The lowest BCUT2D eigenvalue weighted by Gasteiger charge is -2.05. The third kappa shape index (κ3) is 14.9. The van der Waals surface area contributed by atoms with E-state index in [4.69, 9.17) is 9.47 Å². The average Bonchev–Trinajstić information content (AvgIpc) is 2.48. The molecule has 122 valence electrons. The second-order valence-corrected chi connectivity index (χ2v) is 5.14. The van der Waals surface area contributed by atoms with Crippen LogP contribution < -0.4 is 0 Å². The van der Waals surface area contributed by atoms with Crippen LogP contribution >= 0.6 is 0 Å². The molecule has 0 atom stereocenters. The molecule has 0 aliphatic rings. The summed E-state index contributed by atoms with van der Waals surface area (Å²) in [4.78, 5) is 22.7.